The third-order valence-corrected chi connectivity index (χ3v) is 8.39. The Hall–Kier alpha value is -2.24. The zero-order valence-corrected chi connectivity index (χ0v) is 21.1. The molecule has 0 unspecified atom stereocenters. The predicted octanol–water partition coefficient (Wildman–Crippen LogP) is 9.69. The summed E-state index contributed by atoms with van der Waals surface area (Å²) < 4.78 is 63.0. The van der Waals surface area contributed by atoms with E-state index in [1.54, 1.807) is 12.1 Å². The van der Waals surface area contributed by atoms with E-state index in [1.165, 1.54) is 94.2 Å². The molecular weight excluding hydrogens is 468 g/mol. The van der Waals surface area contributed by atoms with Crippen LogP contribution in [0.3, 0.4) is 0 Å². The average molecular weight is 507 g/mol. The van der Waals surface area contributed by atoms with Gasteiger partial charge in [-0.1, -0.05) is 64.0 Å². The number of benzene rings is 2. The lowest BCUT2D eigenvalue weighted by atomic mass is 9.74. The van der Waals surface area contributed by atoms with Gasteiger partial charge in [0.2, 0.25) is 0 Å². The van der Waals surface area contributed by atoms with Crippen molar-refractivity contribution >= 4 is 0 Å². The Morgan fingerprint density at radius 2 is 1.22 bits per heavy atom. The molecule has 198 valence electrons. The minimum atomic E-state index is -3.53. The molecule has 0 heterocycles. The van der Waals surface area contributed by atoms with Crippen molar-refractivity contribution in [3.63, 3.8) is 0 Å². The van der Waals surface area contributed by atoms with Crippen LogP contribution >= 0.6 is 0 Å². The van der Waals surface area contributed by atoms with E-state index < -0.39 is 12.7 Å². The summed E-state index contributed by atoms with van der Waals surface area (Å²) >= 11 is 0. The summed E-state index contributed by atoms with van der Waals surface area (Å²) in [4.78, 5) is 0. The molecule has 2 nitrogen and oxygen atoms in total. The molecule has 0 spiro atoms. The van der Waals surface area contributed by atoms with Crippen LogP contribution in [0.5, 0.6) is 11.5 Å². The standard InChI is InChI=1S/C30H38F4O2/c1-2-21-3-5-22(6-4-21)7-8-23-9-11-24(12-10-23)25-13-15-26(16-14-25)30(33,34)36-28-19-17-27(18-20-28)35-29(31)32/h13-24,29H,2-12H2,1H3/t21-,22-,23-,24-. The summed E-state index contributed by atoms with van der Waals surface area (Å²) in [6.45, 7) is -0.656. The molecule has 0 radical (unpaired) electrons. The maximum Gasteiger partial charge on any atom is 0.426 e. The summed E-state index contributed by atoms with van der Waals surface area (Å²) in [6, 6.07) is 11.2. The quantitative estimate of drug-likeness (QED) is 0.299. The molecule has 2 saturated carbocycles. The van der Waals surface area contributed by atoms with Gasteiger partial charge in [0.15, 0.2) is 0 Å². The molecule has 0 amide bonds. The Bertz CT molecular complexity index is 913. The fourth-order valence-electron chi connectivity index (χ4n) is 6.03. The molecule has 2 aromatic rings. The molecule has 6 heteroatoms. The van der Waals surface area contributed by atoms with Crippen molar-refractivity contribution < 1.29 is 27.0 Å². The van der Waals surface area contributed by atoms with Gasteiger partial charge in [-0.2, -0.15) is 17.6 Å². The summed E-state index contributed by atoms with van der Waals surface area (Å²) in [5.74, 6) is 2.87. The Morgan fingerprint density at radius 1 is 0.722 bits per heavy atom. The fourth-order valence-corrected chi connectivity index (χ4v) is 6.03. The maximum atomic E-state index is 14.7. The topological polar surface area (TPSA) is 18.5 Å². The van der Waals surface area contributed by atoms with Gasteiger partial charge in [0.05, 0.1) is 5.56 Å². The van der Waals surface area contributed by atoms with E-state index in [0.29, 0.717) is 5.92 Å². The Morgan fingerprint density at radius 3 is 1.75 bits per heavy atom. The summed E-state index contributed by atoms with van der Waals surface area (Å²) in [6.07, 6.45) is 10.8. The molecule has 0 atom stereocenters. The molecule has 2 aromatic carbocycles. The first-order valence-electron chi connectivity index (χ1n) is 13.5. The lowest BCUT2D eigenvalue weighted by molar-refractivity contribution is -0.185. The van der Waals surface area contributed by atoms with Crippen LogP contribution in [0.2, 0.25) is 0 Å². The van der Waals surface area contributed by atoms with Crippen LogP contribution in [-0.4, -0.2) is 6.61 Å². The van der Waals surface area contributed by atoms with Crippen LogP contribution in [0.4, 0.5) is 17.6 Å². The number of hydrogen-bond donors (Lipinski definition) is 0. The number of ether oxygens (including phenoxy) is 2. The van der Waals surface area contributed by atoms with Crippen molar-refractivity contribution in [2.75, 3.05) is 0 Å². The zero-order valence-electron chi connectivity index (χ0n) is 21.1. The van der Waals surface area contributed by atoms with Gasteiger partial charge in [-0.15, -0.1) is 0 Å². The van der Waals surface area contributed by atoms with E-state index in [1.807, 2.05) is 0 Å². The Balaban J connectivity index is 1.23. The number of alkyl halides is 4. The Labute approximate surface area is 212 Å². The molecule has 0 saturated heterocycles. The van der Waals surface area contributed by atoms with Gasteiger partial charge in [0, 0.05) is 0 Å². The highest BCUT2D eigenvalue weighted by molar-refractivity contribution is 5.33. The summed E-state index contributed by atoms with van der Waals surface area (Å²) in [5.41, 5.74) is 0.880. The number of rotatable bonds is 10. The van der Waals surface area contributed by atoms with Crippen LogP contribution in [-0.2, 0) is 6.11 Å². The van der Waals surface area contributed by atoms with Crippen LogP contribution in [0, 0.1) is 17.8 Å². The zero-order chi connectivity index (χ0) is 25.5. The van der Waals surface area contributed by atoms with Crippen LogP contribution in [0.25, 0.3) is 0 Å². The first-order chi connectivity index (χ1) is 17.3. The van der Waals surface area contributed by atoms with Crippen molar-refractivity contribution in [3.8, 4) is 11.5 Å². The van der Waals surface area contributed by atoms with Crippen molar-refractivity contribution in [1.29, 1.82) is 0 Å². The van der Waals surface area contributed by atoms with Gasteiger partial charge in [0.1, 0.15) is 11.5 Å². The third kappa shape index (κ3) is 7.39. The molecule has 36 heavy (non-hydrogen) atoms. The number of hydrogen-bond acceptors (Lipinski definition) is 2. The highest BCUT2D eigenvalue weighted by atomic mass is 19.3. The van der Waals surface area contributed by atoms with Crippen molar-refractivity contribution in [3.05, 3.63) is 59.7 Å². The van der Waals surface area contributed by atoms with Crippen molar-refractivity contribution in [1.82, 2.24) is 0 Å². The minimum absolute atomic E-state index is 0.112. The second kappa shape index (κ2) is 12.3. The SMILES string of the molecule is CC[C@H]1CC[C@H](CC[C@H]2CC[C@H](c3ccc(C(F)(F)Oc4ccc(OC(F)F)cc4)cc3)CC2)CC1. The smallest absolute Gasteiger partial charge is 0.426 e. The normalized spacial score (nSPS) is 25.1. The van der Waals surface area contributed by atoms with Gasteiger partial charge in [-0.05, 0) is 91.3 Å². The van der Waals surface area contributed by atoms with Crippen molar-refractivity contribution in [2.24, 2.45) is 17.8 Å². The summed E-state index contributed by atoms with van der Waals surface area (Å²) in [7, 11) is 0. The maximum absolute atomic E-state index is 14.7. The molecule has 0 aromatic heterocycles. The van der Waals surface area contributed by atoms with E-state index >= 15 is 0 Å². The first-order valence-corrected chi connectivity index (χ1v) is 13.5. The molecule has 2 aliphatic carbocycles. The lowest BCUT2D eigenvalue weighted by Crippen LogP contribution is -2.22. The van der Waals surface area contributed by atoms with E-state index in [4.69, 9.17) is 4.74 Å². The van der Waals surface area contributed by atoms with Gasteiger partial charge < -0.3 is 9.47 Å². The van der Waals surface area contributed by atoms with Crippen LogP contribution < -0.4 is 9.47 Å². The third-order valence-electron chi connectivity index (χ3n) is 8.39. The average Bonchev–Trinajstić information content (AvgIpc) is 2.89. The summed E-state index contributed by atoms with van der Waals surface area (Å²) in [5, 5.41) is 0. The van der Waals surface area contributed by atoms with Gasteiger partial charge in [0.25, 0.3) is 0 Å². The highest BCUT2D eigenvalue weighted by Gasteiger charge is 2.35. The molecule has 2 fully saturated rings. The second-order valence-electron chi connectivity index (χ2n) is 10.7. The van der Waals surface area contributed by atoms with E-state index in [0.717, 1.165) is 36.2 Å². The first kappa shape index (κ1) is 26.8. The van der Waals surface area contributed by atoms with Gasteiger partial charge in [-0.25, -0.2) is 0 Å². The van der Waals surface area contributed by atoms with E-state index in [9.17, 15) is 17.6 Å². The fraction of sp³-hybridized carbons (Fsp3) is 0.600. The molecule has 4 rings (SSSR count). The molecule has 2 aliphatic rings. The minimum Gasteiger partial charge on any atom is -0.435 e. The molecule has 0 N–H and O–H groups in total. The van der Waals surface area contributed by atoms with Crippen LogP contribution in [0.1, 0.15) is 94.6 Å². The molecular formula is C30H38F4O2. The monoisotopic (exact) mass is 506 g/mol. The lowest BCUT2D eigenvalue weighted by Gasteiger charge is -2.32. The molecule has 0 aliphatic heterocycles. The Kier molecular flexibility index (Phi) is 9.19. The highest BCUT2D eigenvalue weighted by Crippen LogP contribution is 2.41. The molecule has 0 bridgehead atoms. The van der Waals surface area contributed by atoms with Gasteiger partial charge in [-0.3, -0.25) is 0 Å². The number of halogens is 4. The largest absolute Gasteiger partial charge is 0.435 e. The van der Waals surface area contributed by atoms with E-state index in [2.05, 4.69) is 11.7 Å². The second-order valence-corrected chi connectivity index (χ2v) is 10.7. The van der Waals surface area contributed by atoms with Gasteiger partial charge >= 0.3 is 12.7 Å². The van der Waals surface area contributed by atoms with E-state index in [-0.39, 0.29) is 17.1 Å². The van der Waals surface area contributed by atoms with Crippen molar-refractivity contribution in [2.45, 2.75) is 96.2 Å². The predicted molar refractivity (Wildman–Crippen MR) is 134 cm³/mol. The van der Waals surface area contributed by atoms with Crippen LogP contribution in [0.15, 0.2) is 48.5 Å².